The van der Waals surface area contributed by atoms with Crippen LogP contribution in [0, 0.1) is 44.3 Å². The number of alkyl halides is 1. The van der Waals surface area contributed by atoms with E-state index in [0.717, 1.165) is 84.8 Å². The number of hydrogen-bond donors (Lipinski definition) is 4. The second-order valence-corrected chi connectivity index (χ2v) is 43.6. The standard InChI is InChI=1S/C25H34BN3O4.C19H22BrN3O2.C12H24B2O4.C10H7Br2N.C10H8BrN.C9H16N2O2.C7H8BrN.C6H2BrCl2F.C4H9.C3H8O3.4CH4.Li/c1-15(2)20-23(31-8)28-19(22(29-20)30-7)14-16-11-12-18(21-17(16)10-9-13-27-21)26-32-24(3,4)25(5,6)33-26;1-11(2)16-19(25-4)22-15(18(23-16)24-3)10-12-7-8-14(20)17-13(12)6-5-9-21-17;1-9(2)10(3,4)16-13(15-9)14-17-11(5,6)12(7,8)18-14;11-6-7-3-4-9(12)10-8(7)2-1-5-13-10;1-7-4-5-9(11)10-8(7)3-2-6-12-10;1-6(2)8-9(13-4)10-5-7(11-8)12-3;1-5-2-3-6(8)7(9)4-5;7-6-4(8)1-3(10)2-5(6)9;1-3-4-2;4-1-3(6)2-5;;;;;/h9-13,15,19-20H,14H2,1-8H3;5-9,11,15-16H,10H2,1-4H3;1-8H3;1-5H,6H2;2-6H,1H3;6,8H,5H2,1-4H3;2-4H,9H2,1H3;1-2H;1,3-4H2,2H3;3-6H,1-2H2;4*1H4;/q;;;;;;;;-1;;;;;;+1/t19-,20+;15-,16+;;;;8-;;;;;;;;;/m00...1........./s1. The molecule has 0 aliphatic carbocycles. The Morgan fingerprint density at radius 3 is 1.14 bits per heavy atom. The van der Waals surface area contributed by atoms with Crippen LogP contribution in [-0.2, 0) is 74.5 Å². The number of aromatic nitrogens is 4. The number of anilines is 1. The maximum absolute atomic E-state index is 12.4. The van der Waals surface area contributed by atoms with Crippen molar-refractivity contribution < 1.29 is 94.9 Å². The first-order valence-corrected chi connectivity index (χ1v) is 52.9. The van der Waals surface area contributed by atoms with Crippen molar-refractivity contribution in [2.45, 2.75) is 276 Å². The zero-order chi connectivity index (χ0) is 107. The number of aliphatic hydroxyl groups is 3. The SMILES string of the molecule is BrCc1ccc(Br)c2ncccc12.C.C.C.C.CC1(C)OB(B2OC(C)(C)C(C)(C)O2)OC1(C)C.COC1=N[C@H](C(C)C)C(OC)=NC1.COC1=N[C@H](C(C)C)C(OC)=N[C@H]1Cc1ccc(B2OC(C)(C)C(C)(C)O2)c2ncccc12.COC1=N[C@H](C(C)C)C(OC)=N[C@H]1Cc1ccc(Br)c2ncccc12.Cc1ccc(Br)c(N)c1.Cc1ccc(Br)c2ncccc12.Fc1cc(Cl)c(Br)c(Cl)c1.OCC(O)CO.[CH2-]CCC.[Li+]. The molecule has 5 N–H and O–H groups in total. The van der Waals surface area contributed by atoms with Crippen molar-refractivity contribution in [1.82, 2.24) is 19.9 Å². The Morgan fingerprint density at radius 1 is 0.459 bits per heavy atom. The molecule has 6 aliphatic rings. The summed E-state index contributed by atoms with van der Waals surface area (Å²) in [6.07, 6.45) is 9.85. The number of nitrogen functional groups attached to an aromatic ring is 1. The molecule has 148 heavy (non-hydrogen) atoms. The number of fused-ring (bicyclic) bond motifs is 4. The Balaban J connectivity index is 0.000000580. The Bertz CT molecular complexity index is 5910. The van der Waals surface area contributed by atoms with E-state index in [0.29, 0.717) is 71.1 Å². The second kappa shape index (κ2) is 63.4. The van der Waals surface area contributed by atoms with Crippen LogP contribution in [0.25, 0.3) is 43.6 Å². The first kappa shape index (κ1) is 137. The van der Waals surface area contributed by atoms with E-state index in [9.17, 15) is 4.39 Å². The number of pyridine rings is 4. The van der Waals surface area contributed by atoms with Crippen molar-refractivity contribution in [1.29, 1.82) is 0 Å². The number of hydrogen-bond acceptors (Lipinski definition) is 26. The average molecular weight is 2470 g/mol. The van der Waals surface area contributed by atoms with Crippen LogP contribution >= 0.6 is 119 Å². The number of unbranched alkanes of at least 4 members (excludes halogenated alkanes) is 1. The van der Waals surface area contributed by atoms with Crippen molar-refractivity contribution in [3.05, 3.63) is 225 Å². The molecule has 26 nitrogen and oxygen atoms in total. The third-order valence-corrected chi connectivity index (χ3v) is 30.0. The minimum absolute atomic E-state index is 0. The molecule has 3 fully saturated rings. The van der Waals surface area contributed by atoms with Gasteiger partial charge in [-0.1, -0.05) is 184 Å². The van der Waals surface area contributed by atoms with Gasteiger partial charge in [-0.2, -0.15) is 6.42 Å². The first-order chi connectivity index (χ1) is 67.3. The zero-order valence-electron chi connectivity index (χ0n) is 87.9. The summed E-state index contributed by atoms with van der Waals surface area (Å²) in [5.41, 5.74) is 14.9. The largest absolute Gasteiger partial charge is 1.00 e. The fourth-order valence-electron chi connectivity index (χ4n) is 14.4. The number of methoxy groups -OCH3 is 6. The second-order valence-electron chi connectivity index (χ2n) is 38.0. The molecule has 10 heterocycles. The summed E-state index contributed by atoms with van der Waals surface area (Å²) in [6, 6.07) is 40.3. The van der Waals surface area contributed by atoms with E-state index in [1.54, 1.807) is 55.1 Å². The first-order valence-electron chi connectivity index (χ1n) is 47.0. The number of halogens is 9. The summed E-state index contributed by atoms with van der Waals surface area (Å²) in [7, 11) is 8.42. The van der Waals surface area contributed by atoms with Crippen LogP contribution in [0.15, 0.2) is 204 Å². The topological polar surface area (TPSA) is 323 Å². The number of nitrogens with zero attached hydrogens (tertiary/aromatic N) is 10. The van der Waals surface area contributed by atoms with E-state index >= 15 is 0 Å². The summed E-state index contributed by atoms with van der Waals surface area (Å²) in [6.45, 7) is 46.6. The smallest absolute Gasteiger partial charge is 0.483 e. The van der Waals surface area contributed by atoms with Crippen molar-refractivity contribution in [3.63, 3.8) is 0 Å². The van der Waals surface area contributed by atoms with E-state index in [1.165, 1.54) is 46.0 Å². The summed E-state index contributed by atoms with van der Waals surface area (Å²) < 4.78 is 85.9. The number of nitrogens with two attached hydrogens (primary N) is 1. The van der Waals surface area contributed by atoms with Crippen LogP contribution in [0.4, 0.5) is 10.1 Å². The van der Waals surface area contributed by atoms with E-state index in [1.807, 2.05) is 135 Å². The summed E-state index contributed by atoms with van der Waals surface area (Å²) in [4.78, 5) is 45.6. The van der Waals surface area contributed by atoms with Gasteiger partial charge in [0.25, 0.3) is 0 Å². The quantitative estimate of drug-likeness (QED) is 0.0208. The number of aliphatic hydroxyl groups excluding tert-OH is 3. The summed E-state index contributed by atoms with van der Waals surface area (Å²) >= 11 is 31.5. The monoisotopic (exact) mass is 2460 g/mol. The molecule has 39 heteroatoms. The van der Waals surface area contributed by atoms with Crippen molar-refractivity contribution in [2.75, 3.05) is 68.2 Å². The maximum atomic E-state index is 12.4. The van der Waals surface area contributed by atoms with Gasteiger partial charge in [-0.25, -0.2) is 34.3 Å². The minimum atomic E-state index is -0.954. The van der Waals surface area contributed by atoms with Gasteiger partial charge in [-0.15, -0.1) is 0 Å². The molecular weight excluding hydrogens is 2310 g/mol. The molecule has 10 aromatic rings. The number of aryl methyl sites for hydroxylation is 2. The molecule has 0 amide bonds. The van der Waals surface area contributed by atoms with E-state index < -0.39 is 44.3 Å². The van der Waals surface area contributed by atoms with Crippen molar-refractivity contribution in [3.8, 4) is 0 Å². The van der Waals surface area contributed by atoms with Gasteiger partial charge in [0.15, 0.2) is 0 Å². The molecule has 808 valence electrons. The number of ether oxygens (including phenoxy) is 6. The molecule has 6 aromatic carbocycles. The number of benzene rings is 6. The van der Waals surface area contributed by atoms with Gasteiger partial charge < -0.3 is 84.3 Å². The summed E-state index contributed by atoms with van der Waals surface area (Å²) in [5, 5.41) is 30.0. The Morgan fingerprint density at radius 2 is 0.797 bits per heavy atom. The normalized spacial score (nSPS) is 18.3. The van der Waals surface area contributed by atoms with Crippen molar-refractivity contribution in [2.24, 2.45) is 47.7 Å². The predicted octanol–water partition coefficient (Wildman–Crippen LogP) is 23.9. The van der Waals surface area contributed by atoms with Crippen LogP contribution in [0.2, 0.25) is 10.0 Å². The zero-order valence-corrected chi connectivity index (χ0v) is 98.9. The fraction of sp³-hybridized carbons (Fsp3) is 0.495. The van der Waals surface area contributed by atoms with Crippen molar-refractivity contribution >= 4 is 230 Å². The average Bonchev–Trinajstić information content (AvgIpc) is 1.61. The number of rotatable bonds is 13. The minimum Gasteiger partial charge on any atom is -0.483 e. The van der Waals surface area contributed by atoms with Gasteiger partial charge in [0.1, 0.15) is 48.7 Å². The van der Waals surface area contributed by atoms with Crippen LogP contribution in [0.3, 0.4) is 0 Å². The van der Waals surface area contributed by atoms with E-state index in [-0.39, 0.29) is 130 Å². The summed E-state index contributed by atoms with van der Waals surface area (Å²) in [5.74, 6) is 4.48. The Kier molecular flexibility index (Phi) is 58.9. The van der Waals surface area contributed by atoms with Crippen LogP contribution < -0.4 is 30.1 Å². The van der Waals surface area contributed by atoms with E-state index in [2.05, 4.69) is 265 Å². The third kappa shape index (κ3) is 37.3. The molecule has 0 spiro atoms. The molecule has 0 radical (unpaired) electrons. The Hall–Kier alpha value is -6.60. The molecular formula is C109H154B3Br6Cl2FLiN11O15. The van der Waals surface area contributed by atoms with Gasteiger partial charge in [-0.05, 0) is 289 Å². The molecule has 3 saturated heterocycles. The van der Waals surface area contributed by atoms with E-state index in [4.69, 9.17) is 126 Å². The molecule has 5 atom stereocenters. The van der Waals surface area contributed by atoms with Crippen LogP contribution in [0.5, 0.6) is 0 Å². The van der Waals surface area contributed by atoms with Gasteiger partial charge >= 0.3 is 40.0 Å². The van der Waals surface area contributed by atoms with Gasteiger partial charge in [0.05, 0.1) is 126 Å². The van der Waals surface area contributed by atoms with Gasteiger partial charge in [-0.3, -0.25) is 19.9 Å². The third-order valence-electron chi connectivity index (χ3n) is 24.8. The molecule has 0 saturated carbocycles. The van der Waals surface area contributed by atoms with Gasteiger partial charge in [0.2, 0.25) is 35.4 Å². The molecule has 6 aliphatic heterocycles. The molecule has 16 rings (SSSR count). The van der Waals surface area contributed by atoms with Crippen LogP contribution in [-0.4, -0.2) is 224 Å². The maximum Gasteiger partial charge on any atom is 1.00 e. The predicted molar refractivity (Wildman–Crippen MR) is 632 cm³/mol. The fourth-order valence-corrected chi connectivity index (χ4v) is 17.2. The number of aliphatic imine (C=N–C) groups is 6. The van der Waals surface area contributed by atoms with Gasteiger partial charge in [0, 0.05) is 93.5 Å². The molecule has 4 aromatic heterocycles. The molecule has 0 bridgehead atoms. The van der Waals surface area contributed by atoms with Crippen LogP contribution in [0.1, 0.15) is 202 Å². The Labute approximate surface area is 953 Å². The molecule has 0 unspecified atom stereocenters.